The van der Waals surface area contributed by atoms with E-state index in [1.165, 1.54) is 0 Å². The van der Waals surface area contributed by atoms with Crippen molar-refractivity contribution in [1.82, 2.24) is 0 Å². The van der Waals surface area contributed by atoms with Gasteiger partial charge in [-0.3, -0.25) is 4.79 Å². The van der Waals surface area contributed by atoms with Crippen molar-refractivity contribution in [2.24, 2.45) is 0 Å². The molecule has 1 aromatic rings. The van der Waals surface area contributed by atoms with E-state index in [9.17, 15) is 13.6 Å². The second-order valence-corrected chi connectivity index (χ2v) is 2.41. The molecule has 0 unspecified atom stereocenters. The molecule has 0 heterocycles. The van der Waals surface area contributed by atoms with E-state index >= 15 is 0 Å². The average molecular weight is 171 g/mol. The Morgan fingerprint density at radius 2 is 2.00 bits per heavy atom. The quantitative estimate of drug-likeness (QED) is 0.516. The Labute approximate surface area is 68.0 Å². The number of rotatable bonds is 1. The van der Waals surface area contributed by atoms with Crippen LogP contribution in [-0.2, 0) is 0 Å². The van der Waals surface area contributed by atoms with Crippen molar-refractivity contribution in [3.05, 3.63) is 29.3 Å². The van der Waals surface area contributed by atoms with Crippen LogP contribution in [0.3, 0.4) is 0 Å². The smallest absolute Gasteiger partial charge is 0.162 e. The summed E-state index contributed by atoms with van der Waals surface area (Å²) in [6, 6.07) is 1.66. The number of carbonyl (C=O) groups is 1. The van der Waals surface area contributed by atoms with Gasteiger partial charge in [0.05, 0.1) is 11.3 Å². The van der Waals surface area contributed by atoms with Gasteiger partial charge in [0.15, 0.2) is 11.6 Å². The average Bonchev–Trinajstić information content (AvgIpc) is 1.96. The Hall–Kier alpha value is -1.45. The van der Waals surface area contributed by atoms with Gasteiger partial charge in [0, 0.05) is 0 Å². The highest BCUT2D eigenvalue weighted by atomic mass is 19.1. The van der Waals surface area contributed by atoms with Crippen molar-refractivity contribution in [1.29, 1.82) is 0 Å². The molecule has 2 nitrogen and oxygen atoms in total. The molecule has 4 heteroatoms. The van der Waals surface area contributed by atoms with Gasteiger partial charge in [-0.25, -0.2) is 8.78 Å². The Morgan fingerprint density at radius 3 is 2.50 bits per heavy atom. The molecule has 0 radical (unpaired) electrons. The summed E-state index contributed by atoms with van der Waals surface area (Å²) >= 11 is 0. The number of hydrogen-bond donors (Lipinski definition) is 1. The molecule has 0 spiro atoms. The van der Waals surface area contributed by atoms with Gasteiger partial charge in [0.1, 0.15) is 5.82 Å². The predicted octanol–water partition coefficient (Wildman–Crippen LogP) is 1.75. The molecule has 0 atom stereocenters. The maximum Gasteiger partial charge on any atom is 0.162 e. The molecular weight excluding hydrogens is 164 g/mol. The van der Waals surface area contributed by atoms with Crippen LogP contribution < -0.4 is 5.73 Å². The van der Waals surface area contributed by atoms with E-state index in [-0.39, 0.29) is 11.3 Å². The van der Waals surface area contributed by atoms with Gasteiger partial charge in [-0.15, -0.1) is 0 Å². The predicted molar refractivity (Wildman–Crippen MR) is 40.8 cm³/mol. The minimum absolute atomic E-state index is 0.312. The van der Waals surface area contributed by atoms with E-state index in [0.29, 0.717) is 0 Å². The number of hydrogen-bond acceptors (Lipinski definition) is 2. The van der Waals surface area contributed by atoms with Gasteiger partial charge in [-0.2, -0.15) is 0 Å². The van der Waals surface area contributed by atoms with Crippen molar-refractivity contribution in [2.45, 2.75) is 6.92 Å². The first-order valence-corrected chi connectivity index (χ1v) is 3.28. The number of nitrogen functional groups attached to an aromatic ring is 1. The highest BCUT2D eigenvalue weighted by Crippen LogP contribution is 2.17. The van der Waals surface area contributed by atoms with Crippen LogP contribution in [0.4, 0.5) is 14.5 Å². The standard InChI is InChI=1S/C8H7F2NO/c1-4(12)6-2-5(9)3-7(11)8(6)10/h2-3H,11H2,1H3. The summed E-state index contributed by atoms with van der Waals surface area (Å²) in [6.07, 6.45) is 0. The molecule has 0 aliphatic carbocycles. The number of nitrogens with two attached hydrogens (primary N) is 1. The van der Waals surface area contributed by atoms with E-state index in [4.69, 9.17) is 5.73 Å². The molecule has 2 N–H and O–H groups in total. The molecule has 0 aromatic heterocycles. The maximum atomic E-state index is 12.9. The third kappa shape index (κ3) is 1.42. The van der Waals surface area contributed by atoms with Gasteiger partial charge in [0.25, 0.3) is 0 Å². The fourth-order valence-electron chi connectivity index (χ4n) is 0.867. The van der Waals surface area contributed by atoms with Crippen LogP contribution >= 0.6 is 0 Å². The Balaban J connectivity index is 3.37. The van der Waals surface area contributed by atoms with Crippen molar-refractivity contribution in [3.8, 4) is 0 Å². The normalized spacial score (nSPS) is 9.92. The van der Waals surface area contributed by atoms with Crippen molar-refractivity contribution >= 4 is 11.5 Å². The second-order valence-electron chi connectivity index (χ2n) is 2.41. The molecule has 64 valence electrons. The SMILES string of the molecule is CC(=O)c1cc(F)cc(N)c1F. The van der Waals surface area contributed by atoms with E-state index in [0.717, 1.165) is 19.1 Å². The number of carbonyl (C=O) groups excluding carboxylic acids is 1. The topological polar surface area (TPSA) is 43.1 Å². The summed E-state index contributed by atoms with van der Waals surface area (Å²) in [5, 5.41) is 0. The summed E-state index contributed by atoms with van der Waals surface area (Å²) < 4.78 is 25.5. The summed E-state index contributed by atoms with van der Waals surface area (Å²) in [4.78, 5) is 10.7. The molecule has 0 bridgehead atoms. The zero-order valence-corrected chi connectivity index (χ0v) is 6.40. The lowest BCUT2D eigenvalue weighted by molar-refractivity contribution is 0.101. The molecule has 0 fully saturated rings. The first kappa shape index (κ1) is 8.64. The lowest BCUT2D eigenvalue weighted by atomic mass is 10.1. The molecule has 0 saturated carbocycles. The zero-order valence-electron chi connectivity index (χ0n) is 6.40. The monoisotopic (exact) mass is 171 g/mol. The van der Waals surface area contributed by atoms with Crippen LogP contribution in [0.15, 0.2) is 12.1 Å². The lowest BCUT2D eigenvalue weighted by Crippen LogP contribution is -2.02. The van der Waals surface area contributed by atoms with Gasteiger partial charge in [0.2, 0.25) is 0 Å². The number of ketones is 1. The second kappa shape index (κ2) is 2.89. The van der Waals surface area contributed by atoms with Crippen LogP contribution in [-0.4, -0.2) is 5.78 Å². The molecule has 1 aromatic carbocycles. The summed E-state index contributed by atoms with van der Waals surface area (Å²) in [5.74, 6) is -2.11. The number of Topliss-reactive ketones (excluding diaryl/α,β-unsaturated/α-hetero) is 1. The molecule has 1 rings (SSSR count). The van der Waals surface area contributed by atoms with Crippen molar-refractivity contribution < 1.29 is 13.6 Å². The first-order chi connectivity index (χ1) is 5.52. The number of halogens is 2. The van der Waals surface area contributed by atoms with E-state index in [1.807, 2.05) is 0 Å². The molecule has 0 aliphatic rings. The van der Waals surface area contributed by atoms with Crippen molar-refractivity contribution in [3.63, 3.8) is 0 Å². The molecular formula is C8H7F2NO. The molecule has 0 aliphatic heterocycles. The van der Waals surface area contributed by atoms with E-state index in [1.54, 1.807) is 0 Å². The molecule has 0 saturated heterocycles. The summed E-state index contributed by atoms with van der Waals surface area (Å²) in [6.45, 7) is 1.15. The summed E-state index contributed by atoms with van der Waals surface area (Å²) in [7, 11) is 0. The summed E-state index contributed by atoms with van der Waals surface area (Å²) in [5.41, 5.74) is 4.43. The van der Waals surface area contributed by atoms with Gasteiger partial charge < -0.3 is 5.73 Å². The van der Waals surface area contributed by atoms with Gasteiger partial charge >= 0.3 is 0 Å². The first-order valence-electron chi connectivity index (χ1n) is 3.28. The largest absolute Gasteiger partial charge is 0.396 e. The fraction of sp³-hybridized carbons (Fsp3) is 0.125. The lowest BCUT2D eigenvalue weighted by Gasteiger charge is -2.01. The third-order valence-electron chi connectivity index (χ3n) is 1.44. The Kier molecular flexibility index (Phi) is 2.08. The zero-order chi connectivity index (χ0) is 9.30. The number of benzene rings is 1. The Bertz CT molecular complexity index is 336. The Morgan fingerprint density at radius 1 is 1.42 bits per heavy atom. The van der Waals surface area contributed by atoms with E-state index < -0.39 is 17.4 Å². The van der Waals surface area contributed by atoms with Gasteiger partial charge in [-0.1, -0.05) is 0 Å². The minimum Gasteiger partial charge on any atom is -0.396 e. The van der Waals surface area contributed by atoms with Crippen LogP contribution in [0.1, 0.15) is 17.3 Å². The van der Waals surface area contributed by atoms with E-state index in [2.05, 4.69) is 0 Å². The highest BCUT2D eigenvalue weighted by molar-refractivity contribution is 5.95. The third-order valence-corrected chi connectivity index (χ3v) is 1.44. The molecule has 0 amide bonds. The van der Waals surface area contributed by atoms with Crippen molar-refractivity contribution in [2.75, 3.05) is 5.73 Å². The van der Waals surface area contributed by atoms with Crippen LogP contribution in [0.5, 0.6) is 0 Å². The van der Waals surface area contributed by atoms with Crippen LogP contribution in [0.2, 0.25) is 0 Å². The van der Waals surface area contributed by atoms with Crippen LogP contribution in [0.25, 0.3) is 0 Å². The maximum absolute atomic E-state index is 12.9. The minimum atomic E-state index is -0.857. The number of anilines is 1. The fourth-order valence-corrected chi connectivity index (χ4v) is 0.867. The van der Waals surface area contributed by atoms with Crippen LogP contribution in [0, 0.1) is 11.6 Å². The van der Waals surface area contributed by atoms with Gasteiger partial charge in [-0.05, 0) is 19.1 Å². The molecule has 12 heavy (non-hydrogen) atoms. The highest BCUT2D eigenvalue weighted by Gasteiger charge is 2.11.